The van der Waals surface area contributed by atoms with Crippen molar-refractivity contribution in [3.05, 3.63) is 0 Å². The monoisotopic (exact) mass is 190 g/mol. The maximum absolute atomic E-state index is 4.98. The second-order valence-corrected chi connectivity index (χ2v) is 4.17. The molecule has 1 aliphatic heterocycles. The van der Waals surface area contributed by atoms with Crippen LogP contribution in [-0.4, -0.2) is 46.8 Å². The summed E-state index contributed by atoms with van der Waals surface area (Å²) in [7, 11) is 2.14. The van der Waals surface area contributed by atoms with Gasteiger partial charge in [-0.2, -0.15) is 0 Å². The van der Waals surface area contributed by atoms with E-state index in [2.05, 4.69) is 36.4 Å². The van der Waals surface area contributed by atoms with Gasteiger partial charge in [0.05, 0.1) is 0 Å². The molecule has 4 heteroatoms. The van der Waals surface area contributed by atoms with Gasteiger partial charge in [0.25, 0.3) is 0 Å². The minimum Gasteiger partial charge on any atom is -0.355 e. The summed E-state index contributed by atoms with van der Waals surface area (Å²) in [5.74, 6) is 0. The first-order chi connectivity index (χ1) is 5.11. The van der Waals surface area contributed by atoms with E-state index in [0.717, 1.165) is 24.0 Å². The first-order valence-electron chi connectivity index (χ1n) is 3.79. The van der Waals surface area contributed by atoms with Crippen molar-refractivity contribution in [3.63, 3.8) is 0 Å². The molecule has 1 saturated heterocycles. The maximum atomic E-state index is 4.98. The molecule has 0 aromatic heterocycles. The van der Waals surface area contributed by atoms with E-state index in [-0.39, 0.29) is 0 Å². The van der Waals surface area contributed by atoms with E-state index in [1.807, 2.05) is 0 Å². The topological polar surface area (TPSA) is 6.48 Å². The third-order valence-corrected chi connectivity index (χ3v) is 2.77. The minimum absolute atomic E-state index is 0.592. The van der Waals surface area contributed by atoms with Crippen LogP contribution in [0.2, 0.25) is 0 Å². The molecule has 0 radical (unpaired) electrons. The molecule has 64 valence electrons. The highest BCUT2D eigenvalue weighted by Gasteiger charge is 2.20. The molecule has 1 fully saturated rings. The van der Waals surface area contributed by atoms with Crippen molar-refractivity contribution in [1.82, 2.24) is 9.80 Å². The smallest absolute Gasteiger partial charge is 0.133 e. The fraction of sp³-hybridized carbons (Fsp3) is 0.857. The van der Waals surface area contributed by atoms with Gasteiger partial charge in [-0.25, -0.2) is 0 Å². The van der Waals surface area contributed by atoms with E-state index in [0.29, 0.717) is 6.04 Å². The lowest BCUT2D eigenvalue weighted by Gasteiger charge is -2.37. The summed E-state index contributed by atoms with van der Waals surface area (Å²) in [6.07, 6.45) is 0. The van der Waals surface area contributed by atoms with Crippen molar-refractivity contribution >= 4 is 29.2 Å². The normalized spacial score (nSPS) is 27.2. The molecule has 2 nitrogen and oxygen atoms in total. The van der Waals surface area contributed by atoms with Crippen LogP contribution in [0.1, 0.15) is 6.92 Å². The predicted octanol–water partition coefficient (Wildman–Crippen LogP) is 0.837. The molecule has 0 spiro atoms. The van der Waals surface area contributed by atoms with E-state index in [9.17, 15) is 0 Å². The molecule has 0 aliphatic carbocycles. The van der Waals surface area contributed by atoms with Gasteiger partial charge in [-0.1, -0.05) is 12.2 Å². The molecule has 0 amide bonds. The Balaban J connectivity index is 2.46. The zero-order valence-electron chi connectivity index (χ0n) is 6.95. The quantitative estimate of drug-likeness (QED) is 0.447. The van der Waals surface area contributed by atoms with Gasteiger partial charge in [0.1, 0.15) is 4.32 Å². The molecule has 0 aromatic carbocycles. The number of rotatable bonds is 0. The van der Waals surface area contributed by atoms with Crippen molar-refractivity contribution < 1.29 is 0 Å². The maximum Gasteiger partial charge on any atom is 0.133 e. The molecule has 1 heterocycles. The summed E-state index contributed by atoms with van der Waals surface area (Å²) in [5.41, 5.74) is 0. The van der Waals surface area contributed by atoms with Gasteiger partial charge in [-0.15, -0.1) is 12.6 Å². The first-order valence-corrected chi connectivity index (χ1v) is 4.65. The Morgan fingerprint density at radius 2 is 2.18 bits per heavy atom. The predicted molar refractivity (Wildman–Crippen MR) is 55.2 cm³/mol. The summed E-state index contributed by atoms with van der Waals surface area (Å²) in [6.45, 7) is 5.32. The number of nitrogens with zero attached hydrogens (tertiary/aromatic N) is 2. The van der Waals surface area contributed by atoms with Gasteiger partial charge < -0.3 is 9.80 Å². The van der Waals surface area contributed by atoms with E-state index in [1.165, 1.54) is 0 Å². The van der Waals surface area contributed by atoms with Gasteiger partial charge in [0.15, 0.2) is 0 Å². The van der Waals surface area contributed by atoms with Crippen LogP contribution >= 0.6 is 24.8 Å². The lowest BCUT2D eigenvalue weighted by Crippen LogP contribution is -2.50. The van der Waals surface area contributed by atoms with Crippen LogP contribution in [0.15, 0.2) is 0 Å². The molecule has 11 heavy (non-hydrogen) atoms. The van der Waals surface area contributed by atoms with Crippen LogP contribution in [0, 0.1) is 0 Å². The number of likely N-dealkylation sites (N-methyl/N-ethyl adjacent to an activating group) is 1. The summed E-state index contributed by atoms with van der Waals surface area (Å²) < 4.78 is 0.727. The van der Waals surface area contributed by atoms with Crippen molar-refractivity contribution in [1.29, 1.82) is 0 Å². The third-order valence-electron chi connectivity index (χ3n) is 2.23. The Morgan fingerprint density at radius 1 is 1.55 bits per heavy atom. The van der Waals surface area contributed by atoms with Gasteiger partial charge in [0, 0.05) is 25.7 Å². The Kier molecular flexibility index (Phi) is 3.16. The number of piperazine rings is 1. The first kappa shape index (κ1) is 9.29. The van der Waals surface area contributed by atoms with Crippen LogP contribution in [0.3, 0.4) is 0 Å². The molecular formula is C7H14N2S2. The van der Waals surface area contributed by atoms with Crippen LogP contribution in [-0.2, 0) is 0 Å². The number of hydrogen-bond acceptors (Lipinski definition) is 2. The average Bonchev–Trinajstić information content (AvgIpc) is 1.94. The fourth-order valence-electron chi connectivity index (χ4n) is 1.22. The van der Waals surface area contributed by atoms with Crippen LogP contribution in [0.4, 0.5) is 0 Å². The zero-order chi connectivity index (χ0) is 8.43. The number of thiocarbonyl (C=S) groups is 1. The zero-order valence-corrected chi connectivity index (χ0v) is 8.66. The van der Waals surface area contributed by atoms with Gasteiger partial charge in [-0.3, -0.25) is 0 Å². The summed E-state index contributed by atoms with van der Waals surface area (Å²) in [5, 5.41) is 0. The Bertz CT molecular complexity index is 161. The lowest BCUT2D eigenvalue weighted by molar-refractivity contribution is 0.156. The van der Waals surface area contributed by atoms with Gasteiger partial charge in [0.2, 0.25) is 0 Å². The average molecular weight is 190 g/mol. The van der Waals surface area contributed by atoms with E-state index in [1.54, 1.807) is 0 Å². The van der Waals surface area contributed by atoms with Gasteiger partial charge in [-0.05, 0) is 14.0 Å². The highest BCUT2D eigenvalue weighted by molar-refractivity contribution is 8.10. The SMILES string of the molecule is CC1CN(C(=S)S)CCN1C. The Hall–Kier alpha value is 0.200. The molecular weight excluding hydrogens is 176 g/mol. The number of thiol groups is 1. The van der Waals surface area contributed by atoms with Crippen LogP contribution in [0.25, 0.3) is 0 Å². The molecule has 1 unspecified atom stereocenters. The van der Waals surface area contributed by atoms with E-state index in [4.69, 9.17) is 12.2 Å². The highest BCUT2D eigenvalue weighted by Crippen LogP contribution is 2.08. The van der Waals surface area contributed by atoms with Crippen molar-refractivity contribution in [3.8, 4) is 0 Å². The molecule has 1 rings (SSSR count). The lowest BCUT2D eigenvalue weighted by atomic mass is 10.2. The second-order valence-electron chi connectivity index (χ2n) is 3.06. The molecule has 1 aliphatic rings. The van der Waals surface area contributed by atoms with E-state index >= 15 is 0 Å². The number of hydrogen-bond donors (Lipinski definition) is 1. The van der Waals surface area contributed by atoms with E-state index < -0.39 is 0 Å². The van der Waals surface area contributed by atoms with Crippen molar-refractivity contribution in [2.24, 2.45) is 0 Å². The van der Waals surface area contributed by atoms with Crippen molar-refractivity contribution in [2.75, 3.05) is 26.7 Å². The molecule has 0 saturated carbocycles. The fourth-order valence-corrected chi connectivity index (χ4v) is 1.57. The van der Waals surface area contributed by atoms with Crippen LogP contribution < -0.4 is 0 Å². The molecule has 0 bridgehead atoms. The third kappa shape index (κ3) is 2.32. The Labute approximate surface area is 79.0 Å². The highest BCUT2D eigenvalue weighted by atomic mass is 32.1. The standard InChI is InChI=1S/C7H14N2S2/c1-6-5-9(7(10)11)4-3-8(6)2/h6H,3-5H2,1-2H3,(H,10,11). The largest absolute Gasteiger partial charge is 0.355 e. The summed E-state index contributed by atoms with van der Waals surface area (Å²) >= 11 is 9.13. The summed E-state index contributed by atoms with van der Waals surface area (Å²) in [6, 6.07) is 0.592. The van der Waals surface area contributed by atoms with Gasteiger partial charge >= 0.3 is 0 Å². The second kappa shape index (κ2) is 3.74. The Morgan fingerprint density at radius 3 is 2.64 bits per heavy atom. The minimum atomic E-state index is 0.592. The van der Waals surface area contributed by atoms with Crippen molar-refractivity contribution in [2.45, 2.75) is 13.0 Å². The molecule has 0 aromatic rings. The molecule has 0 N–H and O–H groups in total. The van der Waals surface area contributed by atoms with Crippen LogP contribution in [0.5, 0.6) is 0 Å². The summed E-state index contributed by atoms with van der Waals surface area (Å²) in [4.78, 5) is 4.48. The molecule has 1 atom stereocenters.